The van der Waals surface area contributed by atoms with E-state index in [1.54, 1.807) is 35.3 Å². The molecule has 5 heteroatoms. The van der Waals surface area contributed by atoms with Crippen LogP contribution >= 0.6 is 15.9 Å². The number of aliphatic hydroxyl groups is 1. The minimum atomic E-state index is -1.00. The average molecular weight is 299 g/mol. The summed E-state index contributed by atoms with van der Waals surface area (Å²) in [7, 11) is 0. The summed E-state index contributed by atoms with van der Waals surface area (Å²) in [6, 6.07) is 4.86. The number of rotatable bonds is 3. The standard InChI is InChI=1S/C12H12BrFN2O/c1-2-16-7-15-6-10(16)12(17)8-4-3-5-9(13)11(8)14/h3-7,12,17H,2H2,1H3. The smallest absolute Gasteiger partial charge is 0.143 e. The molecule has 0 spiro atoms. The highest BCUT2D eigenvalue weighted by Crippen LogP contribution is 2.27. The SMILES string of the molecule is CCn1cncc1C(O)c1cccc(Br)c1F. The zero-order chi connectivity index (χ0) is 12.4. The van der Waals surface area contributed by atoms with Gasteiger partial charge in [-0.15, -0.1) is 0 Å². The molecular weight excluding hydrogens is 287 g/mol. The Morgan fingerprint density at radius 2 is 2.29 bits per heavy atom. The van der Waals surface area contributed by atoms with Crippen LogP contribution in [0.1, 0.15) is 24.3 Å². The molecule has 0 bridgehead atoms. The van der Waals surface area contributed by atoms with Crippen molar-refractivity contribution in [3.8, 4) is 0 Å². The number of imidazole rings is 1. The Hall–Kier alpha value is -1.20. The summed E-state index contributed by atoms with van der Waals surface area (Å²) in [6.07, 6.45) is 2.16. The molecule has 0 fully saturated rings. The van der Waals surface area contributed by atoms with Gasteiger partial charge in [-0.2, -0.15) is 0 Å². The molecule has 90 valence electrons. The Kier molecular flexibility index (Phi) is 3.59. The van der Waals surface area contributed by atoms with Gasteiger partial charge in [-0.25, -0.2) is 9.37 Å². The lowest BCUT2D eigenvalue weighted by molar-refractivity contribution is 0.205. The fourth-order valence-corrected chi connectivity index (χ4v) is 2.10. The van der Waals surface area contributed by atoms with Crippen molar-refractivity contribution in [2.24, 2.45) is 0 Å². The van der Waals surface area contributed by atoms with Crippen molar-refractivity contribution in [1.82, 2.24) is 9.55 Å². The molecule has 1 aromatic carbocycles. The second-order valence-electron chi connectivity index (χ2n) is 3.65. The topological polar surface area (TPSA) is 38.0 Å². The van der Waals surface area contributed by atoms with Gasteiger partial charge in [-0.05, 0) is 28.9 Å². The van der Waals surface area contributed by atoms with E-state index in [4.69, 9.17) is 0 Å². The lowest BCUT2D eigenvalue weighted by atomic mass is 10.1. The van der Waals surface area contributed by atoms with E-state index in [1.807, 2.05) is 6.92 Å². The van der Waals surface area contributed by atoms with Crippen LogP contribution in [0.15, 0.2) is 35.2 Å². The molecule has 0 radical (unpaired) electrons. The highest BCUT2D eigenvalue weighted by atomic mass is 79.9. The van der Waals surface area contributed by atoms with E-state index in [9.17, 15) is 9.50 Å². The van der Waals surface area contributed by atoms with Gasteiger partial charge in [0.25, 0.3) is 0 Å². The molecule has 0 amide bonds. The number of benzene rings is 1. The van der Waals surface area contributed by atoms with Crippen LogP contribution in [0.3, 0.4) is 0 Å². The van der Waals surface area contributed by atoms with Crippen LogP contribution < -0.4 is 0 Å². The number of nitrogens with zero attached hydrogens (tertiary/aromatic N) is 2. The molecule has 1 N–H and O–H groups in total. The zero-order valence-corrected chi connectivity index (χ0v) is 10.9. The van der Waals surface area contributed by atoms with Crippen LogP contribution in [0.5, 0.6) is 0 Å². The Balaban J connectivity index is 2.44. The summed E-state index contributed by atoms with van der Waals surface area (Å²) in [4.78, 5) is 3.96. The first kappa shape index (κ1) is 12.3. The molecule has 3 nitrogen and oxygen atoms in total. The van der Waals surface area contributed by atoms with Crippen molar-refractivity contribution < 1.29 is 9.50 Å². The maximum atomic E-state index is 13.8. The summed E-state index contributed by atoms with van der Waals surface area (Å²) in [5, 5.41) is 10.2. The van der Waals surface area contributed by atoms with Crippen molar-refractivity contribution in [2.75, 3.05) is 0 Å². The van der Waals surface area contributed by atoms with Crippen molar-refractivity contribution >= 4 is 15.9 Å². The molecule has 2 rings (SSSR count). The van der Waals surface area contributed by atoms with E-state index in [1.165, 1.54) is 0 Å². The van der Waals surface area contributed by atoms with Crippen LogP contribution in [0.2, 0.25) is 0 Å². The van der Waals surface area contributed by atoms with Crippen molar-refractivity contribution in [2.45, 2.75) is 19.6 Å². The molecule has 1 atom stereocenters. The van der Waals surface area contributed by atoms with E-state index in [0.29, 0.717) is 16.7 Å². The number of aliphatic hydroxyl groups excluding tert-OH is 1. The maximum absolute atomic E-state index is 13.8. The molecular formula is C12H12BrFN2O. The van der Waals surface area contributed by atoms with Gasteiger partial charge >= 0.3 is 0 Å². The molecule has 0 aliphatic rings. The van der Waals surface area contributed by atoms with Crippen LogP contribution in [0.25, 0.3) is 0 Å². The highest BCUT2D eigenvalue weighted by Gasteiger charge is 2.19. The normalized spacial score (nSPS) is 12.7. The molecule has 1 aromatic heterocycles. The van der Waals surface area contributed by atoms with Gasteiger partial charge in [-0.3, -0.25) is 0 Å². The molecule has 2 aromatic rings. The predicted molar refractivity (Wildman–Crippen MR) is 66.1 cm³/mol. The van der Waals surface area contributed by atoms with E-state index < -0.39 is 11.9 Å². The molecule has 1 heterocycles. The van der Waals surface area contributed by atoms with Gasteiger partial charge < -0.3 is 9.67 Å². The molecule has 0 saturated carbocycles. The van der Waals surface area contributed by atoms with Crippen molar-refractivity contribution in [1.29, 1.82) is 0 Å². The maximum Gasteiger partial charge on any atom is 0.143 e. The van der Waals surface area contributed by atoms with Gasteiger partial charge in [-0.1, -0.05) is 12.1 Å². The monoisotopic (exact) mass is 298 g/mol. The molecule has 0 aliphatic carbocycles. The van der Waals surface area contributed by atoms with E-state index in [2.05, 4.69) is 20.9 Å². The second-order valence-corrected chi connectivity index (χ2v) is 4.50. The summed E-state index contributed by atoms with van der Waals surface area (Å²) < 4.78 is 16.0. The van der Waals surface area contributed by atoms with Crippen molar-refractivity contribution in [3.63, 3.8) is 0 Å². The summed E-state index contributed by atoms with van der Waals surface area (Å²) >= 11 is 3.10. The highest BCUT2D eigenvalue weighted by molar-refractivity contribution is 9.10. The third-order valence-electron chi connectivity index (χ3n) is 2.64. The molecule has 0 aliphatic heterocycles. The number of aryl methyl sites for hydroxylation is 1. The Labute approximate surface area is 107 Å². The van der Waals surface area contributed by atoms with E-state index in [-0.39, 0.29) is 5.56 Å². The molecule has 1 unspecified atom stereocenters. The third-order valence-corrected chi connectivity index (χ3v) is 3.25. The third kappa shape index (κ3) is 2.25. The predicted octanol–water partition coefficient (Wildman–Crippen LogP) is 2.89. The molecule has 0 saturated heterocycles. The first-order chi connectivity index (χ1) is 8.15. The van der Waals surface area contributed by atoms with Gasteiger partial charge in [0.1, 0.15) is 11.9 Å². The minimum absolute atomic E-state index is 0.245. The van der Waals surface area contributed by atoms with Gasteiger partial charge in [0.2, 0.25) is 0 Å². The first-order valence-corrected chi connectivity index (χ1v) is 6.06. The summed E-state index contributed by atoms with van der Waals surface area (Å²) in [6.45, 7) is 2.62. The Bertz CT molecular complexity index is 527. The van der Waals surface area contributed by atoms with Crippen LogP contribution in [-0.2, 0) is 6.54 Å². The molecule has 17 heavy (non-hydrogen) atoms. The Morgan fingerprint density at radius 1 is 1.53 bits per heavy atom. The first-order valence-electron chi connectivity index (χ1n) is 5.27. The largest absolute Gasteiger partial charge is 0.382 e. The van der Waals surface area contributed by atoms with E-state index >= 15 is 0 Å². The van der Waals surface area contributed by atoms with Crippen molar-refractivity contribution in [3.05, 3.63) is 52.3 Å². The zero-order valence-electron chi connectivity index (χ0n) is 9.27. The fourth-order valence-electron chi connectivity index (χ4n) is 1.71. The quantitative estimate of drug-likeness (QED) is 0.946. The summed E-state index contributed by atoms with van der Waals surface area (Å²) in [5.74, 6) is -0.441. The summed E-state index contributed by atoms with van der Waals surface area (Å²) in [5.41, 5.74) is 0.832. The second kappa shape index (κ2) is 4.98. The number of hydrogen-bond acceptors (Lipinski definition) is 2. The Morgan fingerprint density at radius 3 is 3.00 bits per heavy atom. The van der Waals surface area contributed by atoms with Gasteiger partial charge in [0.05, 0.1) is 22.7 Å². The number of hydrogen-bond donors (Lipinski definition) is 1. The van der Waals surface area contributed by atoms with Crippen LogP contribution in [0, 0.1) is 5.82 Å². The lowest BCUT2D eigenvalue weighted by Crippen LogP contribution is -2.09. The fraction of sp³-hybridized carbons (Fsp3) is 0.250. The van der Waals surface area contributed by atoms with Crippen LogP contribution in [-0.4, -0.2) is 14.7 Å². The minimum Gasteiger partial charge on any atom is -0.382 e. The van der Waals surface area contributed by atoms with Gasteiger partial charge in [0, 0.05) is 12.1 Å². The lowest BCUT2D eigenvalue weighted by Gasteiger charge is -2.14. The van der Waals surface area contributed by atoms with E-state index in [0.717, 1.165) is 0 Å². The number of aromatic nitrogens is 2. The average Bonchev–Trinajstić information content (AvgIpc) is 2.80. The van der Waals surface area contributed by atoms with Gasteiger partial charge in [0.15, 0.2) is 0 Å². The number of halogens is 2. The van der Waals surface area contributed by atoms with Crippen LogP contribution in [0.4, 0.5) is 4.39 Å².